The minimum absolute atomic E-state index is 0.217. The van der Waals surface area contributed by atoms with E-state index in [1.54, 1.807) is 0 Å². The Morgan fingerprint density at radius 3 is 2.72 bits per heavy atom. The van der Waals surface area contributed by atoms with Crippen LogP contribution in [0.25, 0.3) is 5.57 Å². The maximum absolute atomic E-state index is 9.18. The Morgan fingerprint density at radius 1 is 1.40 bits per heavy atom. The molecule has 0 spiro atoms. The van der Waals surface area contributed by atoms with Gasteiger partial charge >= 0.3 is 0 Å². The zero-order chi connectivity index (χ0) is 18.6. The third-order valence-electron chi connectivity index (χ3n) is 5.35. The van der Waals surface area contributed by atoms with Crippen molar-refractivity contribution in [3.05, 3.63) is 64.8 Å². The van der Waals surface area contributed by atoms with Crippen LogP contribution >= 0.6 is 0 Å². The predicted molar refractivity (Wildman–Crippen MR) is 107 cm³/mol. The highest BCUT2D eigenvalue weighted by Gasteiger charge is 2.25. The Hall–Kier alpha value is -2.40. The van der Waals surface area contributed by atoms with Crippen molar-refractivity contribution in [3.8, 4) is 6.07 Å². The number of allylic oxidation sites excluding steroid dienone is 5. The average Bonchev–Trinajstić information content (AvgIpc) is 3.08. The standard InChI is InChI=1S/C23H28N2/c1-6-15(2)11-23(17(4)18(5)25)21-10-9-20(13-21)22-12-19(14-24)8-7-16(22)3/h7-9,12-13,17,23,25H,2,6,10-11H2,1,3-5H3. The van der Waals surface area contributed by atoms with Gasteiger partial charge in [-0.05, 0) is 67.9 Å². The summed E-state index contributed by atoms with van der Waals surface area (Å²) in [6.07, 6.45) is 7.38. The first-order chi connectivity index (χ1) is 11.9. The minimum atomic E-state index is 0.217. The monoisotopic (exact) mass is 332 g/mol. The van der Waals surface area contributed by atoms with Crippen molar-refractivity contribution >= 4 is 11.3 Å². The van der Waals surface area contributed by atoms with Crippen LogP contribution in [0.2, 0.25) is 0 Å². The van der Waals surface area contributed by atoms with Crippen LogP contribution in [-0.4, -0.2) is 5.71 Å². The SMILES string of the molecule is C=C(CC)CC(C1=CC(c2cc(C#N)ccc2C)=CC1)C(C)C(C)=N. The predicted octanol–water partition coefficient (Wildman–Crippen LogP) is 6.23. The number of hydrogen-bond acceptors (Lipinski definition) is 2. The van der Waals surface area contributed by atoms with Crippen LogP contribution in [0.1, 0.15) is 56.7 Å². The third-order valence-corrected chi connectivity index (χ3v) is 5.35. The molecule has 0 bridgehead atoms. The first-order valence-corrected chi connectivity index (χ1v) is 9.00. The Balaban J connectivity index is 2.34. The van der Waals surface area contributed by atoms with E-state index in [0.717, 1.165) is 30.5 Å². The van der Waals surface area contributed by atoms with Gasteiger partial charge in [0.25, 0.3) is 0 Å². The van der Waals surface area contributed by atoms with Crippen LogP contribution in [0.4, 0.5) is 0 Å². The molecule has 0 aromatic heterocycles. The molecule has 0 amide bonds. The smallest absolute Gasteiger partial charge is 0.0991 e. The average molecular weight is 332 g/mol. The largest absolute Gasteiger partial charge is 0.310 e. The Bertz CT molecular complexity index is 787. The van der Waals surface area contributed by atoms with Gasteiger partial charge in [0, 0.05) is 11.6 Å². The van der Waals surface area contributed by atoms with Crippen molar-refractivity contribution in [2.75, 3.05) is 0 Å². The van der Waals surface area contributed by atoms with Crippen molar-refractivity contribution in [1.82, 2.24) is 0 Å². The first-order valence-electron chi connectivity index (χ1n) is 9.00. The van der Waals surface area contributed by atoms with Gasteiger partial charge in [-0.25, -0.2) is 0 Å². The molecule has 130 valence electrons. The number of rotatable bonds is 7. The molecule has 0 radical (unpaired) electrons. The van der Waals surface area contributed by atoms with E-state index in [0.29, 0.717) is 11.5 Å². The van der Waals surface area contributed by atoms with E-state index in [-0.39, 0.29) is 5.92 Å². The fourth-order valence-corrected chi connectivity index (χ4v) is 3.38. The summed E-state index contributed by atoms with van der Waals surface area (Å²) in [5.41, 5.74) is 7.58. The highest BCUT2D eigenvalue weighted by molar-refractivity contribution is 5.83. The van der Waals surface area contributed by atoms with E-state index < -0.39 is 0 Å². The number of nitrogens with zero attached hydrogens (tertiary/aromatic N) is 1. The van der Waals surface area contributed by atoms with E-state index in [1.165, 1.54) is 22.3 Å². The van der Waals surface area contributed by atoms with Crippen molar-refractivity contribution in [1.29, 1.82) is 10.7 Å². The lowest BCUT2D eigenvalue weighted by Crippen LogP contribution is -2.20. The highest BCUT2D eigenvalue weighted by Crippen LogP contribution is 2.38. The van der Waals surface area contributed by atoms with Crippen LogP contribution in [0, 0.1) is 35.5 Å². The number of aryl methyl sites for hydroxylation is 1. The second-order valence-corrected chi connectivity index (χ2v) is 7.11. The summed E-state index contributed by atoms with van der Waals surface area (Å²) >= 11 is 0. The zero-order valence-corrected chi connectivity index (χ0v) is 15.8. The number of nitrogens with one attached hydrogen (secondary N) is 1. The summed E-state index contributed by atoms with van der Waals surface area (Å²) in [5.74, 6) is 0.548. The van der Waals surface area contributed by atoms with Gasteiger partial charge in [-0.2, -0.15) is 5.26 Å². The van der Waals surface area contributed by atoms with Crippen LogP contribution < -0.4 is 0 Å². The molecule has 1 aliphatic carbocycles. The van der Waals surface area contributed by atoms with Crippen LogP contribution in [-0.2, 0) is 0 Å². The maximum atomic E-state index is 9.18. The van der Waals surface area contributed by atoms with Gasteiger partial charge in [0.2, 0.25) is 0 Å². The summed E-state index contributed by atoms with van der Waals surface area (Å²) in [6.45, 7) is 12.5. The molecule has 1 N–H and O–H groups in total. The summed E-state index contributed by atoms with van der Waals surface area (Å²) in [6, 6.07) is 8.09. The molecule has 2 atom stereocenters. The fourth-order valence-electron chi connectivity index (χ4n) is 3.38. The molecule has 0 saturated heterocycles. The Kier molecular flexibility index (Phi) is 6.15. The highest BCUT2D eigenvalue weighted by atomic mass is 14.4. The van der Waals surface area contributed by atoms with E-state index in [2.05, 4.69) is 45.6 Å². The molecule has 2 unspecified atom stereocenters. The second-order valence-electron chi connectivity index (χ2n) is 7.11. The van der Waals surface area contributed by atoms with Gasteiger partial charge in [0.05, 0.1) is 11.6 Å². The quantitative estimate of drug-likeness (QED) is 0.467. The van der Waals surface area contributed by atoms with Gasteiger partial charge in [0.1, 0.15) is 0 Å². The van der Waals surface area contributed by atoms with Crippen molar-refractivity contribution in [2.24, 2.45) is 11.8 Å². The summed E-state index contributed by atoms with van der Waals surface area (Å²) in [4.78, 5) is 0. The van der Waals surface area contributed by atoms with E-state index >= 15 is 0 Å². The molecular formula is C23H28N2. The normalized spacial score (nSPS) is 15.8. The number of benzene rings is 1. The summed E-state index contributed by atoms with van der Waals surface area (Å²) < 4.78 is 0. The lowest BCUT2D eigenvalue weighted by Gasteiger charge is -2.26. The second kappa shape index (κ2) is 8.12. The van der Waals surface area contributed by atoms with Crippen LogP contribution in [0.15, 0.2) is 48.1 Å². The van der Waals surface area contributed by atoms with Gasteiger partial charge in [0.15, 0.2) is 0 Å². The third kappa shape index (κ3) is 4.37. The maximum Gasteiger partial charge on any atom is 0.0991 e. The van der Waals surface area contributed by atoms with Gasteiger partial charge in [-0.3, -0.25) is 0 Å². The van der Waals surface area contributed by atoms with E-state index in [9.17, 15) is 5.26 Å². The molecule has 2 nitrogen and oxygen atoms in total. The molecule has 2 heteroatoms. The van der Waals surface area contributed by atoms with Crippen LogP contribution in [0.5, 0.6) is 0 Å². The van der Waals surface area contributed by atoms with Crippen LogP contribution in [0.3, 0.4) is 0 Å². The zero-order valence-electron chi connectivity index (χ0n) is 15.8. The van der Waals surface area contributed by atoms with Gasteiger partial charge < -0.3 is 5.41 Å². The van der Waals surface area contributed by atoms with Crippen molar-refractivity contribution < 1.29 is 0 Å². The molecule has 0 heterocycles. The lowest BCUT2D eigenvalue weighted by molar-refractivity contribution is 0.493. The topological polar surface area (TPSA) is 47.6 Å². The molecule has 1 aromatic carbocycles. The van der Waals surface area contributed by atoms with E-state index in [4.69, 9.17) is 5.41 Å². The molecule has 1 aliphatic rings. The molecule has 1 aromatic rings. The van der Waals surface area contributed by atoms with Crippen molar-refractivity contribution in [2.45, 2.75) is 47.0 Å². The summed E-state index contributed by atoms with van der Waals surface area (Å²) in [7, 11) is 0. The Morgan fingerprint density at radius 2 is 2.12 bits per heavy atom. The molecule has 25 heavy (non-hydrogen) atoms. The van der Waals surface area contributed by atoms with Gasteiger partial charge in [-0.1, -0.05) is 49.8 Å². The Labute approximate surface area is 152 Å². The molecule has 0 fully saturated rings. The molecule has 0 saturated carbocycles. The van der Waals surface area contributed by atoms with Gasteiger partial charge in [-0.15, -0.1) is 0 Å². The number of nitriles is 1. The number of hydrogen-bond donors (Lipinski definition) is 1. The first kappa shape index (κ1) is 18.9. The van der Waals surface area contributed by atoms with E-state index in [1.807, 2.05) is 25.1 Å². The minimum Gasteiger partial charge on any atom is -0.310 e. The molecular weight excluding hydrogens is 304 g/mol. The molecule has 0 aliphatic heterocycles. The lowest BCUT2D eigenvalue weighted by atomic mass is 9.79. The summed E-state index contributed by atoms with van der Waals surface area (Å²) in [5, 5.41) is 17.3. The fraction of sp³-hybridized carbons (Fsp3) is 0.391. The molecule has 2 rings (SSSR count). The van der Waals surface area contributed by atoms with Crippen molar-refractivity contribution in [3.63, 3.8) is 0 Å².